The summed E-state index contributed by atoms with van der Waals surface area (Å²) in [5, 5.41) is 3.25. The first-order chi connectivity index (χ1) is 8.95. The molecule has 0 saturated carbocycles. The Hall–Kier alpha value is -0.910. The van der Waals surface area contributed by atoms with E-state index in [4.69, 9.17) is 28.9 Å². The molecule has 2 amide bonds. The normalized spacial score (nSPS) is 11.9. The molecule has 7 heteroatoms. The summed E-state index contributed by atoms with van der Waals surface area (Å²) in [7, 11) is 0. The number of carbonyl (C=O) groups excluding carboxylic acids is 2. The lowest BCUT2D eigenvalue weighted by molar-refractivity contribution is -0.119. The molecule has 0 bridgehead atoms. The fourth-order valence-electron chi connectivity index (χ4n) is 1.43. The number of amides is 2. The lowest BCUT2D eigenvalue weighted by Crippen LogP contribution is -2.44. The van der Waals surface area contributed by atoms with Crippen LogP contribution >= 0.6 is 35.0 Å². The van der Waals surface area contributed by atoms with Crippen LogP contribution in [0.15, 0.2) is 18.2 Å². The highest BCUT2D eigenvalue weighted by Gasteiger charge is 2.19. The van der Waals surface area contributed by atoms with Gasteiger partial charge in [0.1, 0.15) is 6.04 Å². The van der Waals surface area contributed by atoms with Gasteiger partial charge in [-0.1, -0.05) is 23.2 Å². The molecule has 0 aromatic heterocycles. The second-order valence-electron chi connectivity index (χ2n) is 3.83. The van der Waals surface area contributed by atoms with Crippen molar-refractivity contribution in [1.29, 1.82) is 0 Å². The van der Waals surface area contributed by atoms with E-state index in [0.29, 0.717) is 11.4 Å². The van der Waals surface area contributed by atoms with Gasteiger partial charge >= 0.3 is 0 Å². The third-order valence-corrected chi connectivity index (χ3v) is 3.63. The Balaban J connectivity index is 2.78. The van der Waals surface area contributed by atoms with Crippen LogP contribution in [0.2, 0.25) is 10.0 Å². The van der Waals surface area contributed by atoms with Crippen molar-refractivity contribution in [2.24, 2.45) is 5.73 Å². The molecule has 3 N–H and O–H groups in total. The molecule has 0 fully saturated rings. The van der Waals surface area contributed by atoms with Gasteiger partial charge in [-0.15, -0.1) is 0 Å². The quantitative estimate of drug-likeness (QED) is 0.845. The third kappa shape index (κ3) is 4.93. The third-order valence-electron chi connectivity index (χ3n) is 2.44. The van der Waals surface area contributed by atoms with E-state index in [0.717, 1.165) is 5.75 Å². The highest BCUT2D eigenvalue weighted by atomic mass is 35.5. The van der Waals surface area contributed by atoms with Crippen LogP contribution in [-0.4, -0.2) is 29.9 Å². The molecule has 0 unspecified atom stereocenters. The van der Waals surface area contributed by atoms with Gasteiger partial charge in [0.2, 0.25) is 5.91 Å². The molecule has 0 saturated heterocycles. The van der Waals surface area contributed by atoms with Crippen LogP contribution in [0.25, 0.3) is 0 Å². The number of halogens is 2. The van der Waals surface area contributed by atoms with Crippen LogP contribution in [0.1, 0.15) is 16.8 Å². The fraction of sp³-hybridized carbons (Fsp3) is 0.333. The Labute approximate surface area is 126 Å². The molecule has 19 heavy (non-hydrogen) atoms. The van der Waals surface area contributed by atoms with Crippen LogP contribution in [0.3, 0.4) is 0 Å². The number of nitrogens with one attached hydrogen (secondary N) is 1. The van der Waals surface area contributed by atoms with Gasteiger partial charge in [0.15, 0.2) is 0 Å². The summed E-state index contributed by atoms with van der Waals surface area (Å²) in [6.07, 6.45) is 2.39. The predicted molar refractivity (Wildman–Crippen MR) is 79.9 cm³/mol. The maximum atomic E-state index is 12.0. The van der Waals surface area contributed by atoms with Gasteiger partial charge in [-0.05, 0) is 36.6 Å². The molecular formula is C12H14Cl2N2O2S. The zero-order valence-corrected chi connectivity index (χ0v) is 12.6. The number of rotatable bonds is 6. The Morgan fingerprint density at radius 3 is 2.63 bits per heavy atom. The molecule has 1 rings (SSSR count). The van der Waals surface area contributed by atoms with Crippen molar-refractivity contribution in [3.05, 3.63) is 33.8 Å². The summed E-state index contributed by atoms with van der Waals surface area (Å²) < 4.78 is 0. The van der Waals surface area contributed by atoms with Gasteiger partial charge in [-0.25, -0.2) is 0 Å². The molecule has 4 nitrogen and oxygen atoms in total. The first kappa shape index (κ1) is 16.1. The monoisotopic (exact) mass is 320 g/mol. The zero-order chi connectivity index (χ0) is 14.4. The average molecular weight is 321 g/mol. The van der Waals surface area contributed by atoms with Gasteiger partial charge < -0.3 is 11.1 Å². The number of hydrogen-bond donors (Lipinski definition) is 2. The number of benzene rings is 1. The van der Waals surface area contributed by atoms with Crippen LogP contribution in [-0.2, 0) is 4.79 Å². The van der Waals surface area contributed by atoms with Gasteiger partial charge in [0, 0.05) is 5.02 Å². The lowest BCUT2D eigenvalue weighted by Gasteiger charge is -2.15. The van der Waals surface area contributed by atoms with Crippen molar-refractivity contribution in [2.75, 3.05) is 12.0 Å². The minimum Gasteiger partial charge on any atom is -0.368 e. The van der Waals surface area contributed by atoms with Crippen molar-refractivity contribution in [1.82, 2.24) is 5.32 Å². The lowest BCUT2D eigenvalue weighted by atomic mass is 10.1. The van der Waals surface area contributed by atoms with E-state index in [9.17, 15) is 9.59 Å². The molecular weight excluding hydrogens is 307 g/mol. The Kier molecular flexibility index (Phi) is 6.48. The van der Waals surface area contributed by atoms with Gasteiger partial charge in [0.25, 0.3) is 5.91 Å². The van der Waals surface area contributed by atoms with E-state index in [-0.39, 0.29) is 10.6 Å². The topological polar surface area (TPSA) is 72.2 Å². The number of hydrogen-bond acceptors (Lipinski definition) is 3. The summed E-state index contributed by atoms with van der Waals surface area (Å²) >= 11 is 13.3. The highest BCUT2D eigenvalue weighted by molar-refractivity contribution is 7.98. The number of nitrogens with two attached hydrogens (primary N) is 1. The van der Waals surface area contributed by atoms with Crippen molar-refractivity contribution in [3.63, 3.8) is 0 Å². The van der Waals surface area contributed by atoms with Gasteiger partial charge in [-0.2, -0.15) is 11.8 Å². The van der Waals surface area contributed by atoms with Crippen LogP contribution in [0.5, 0.6) is 0 Å². The van der Waals surface area contributed by atoms with Crippen molar-refractivity contribution < 1.29 is 9.59 Å². The molecule has 0 radical (unpaired) electrons. The van der Waals surface area contributed by atoms with Crippen molar-refractivity contribution in [2.45, 2.75) is 12.5 Å². The van der Waals surface area contributed by atoms with E-state index in [1.165, 1.54) is 12.1 Å². The minimum absolute atomic E-state index is 0.234. The number of primary amides is 1. The van der Waals surface area contributed by atoms with Gasteiger partial charge in [0.05, 0.1) is 10.6 Å². The summed E-state index contributed by atoms with van der Waals surface area (Å²) in [4.78, 5) is 23.3. The predicted octanol–water partition coefficient (Wildman–Crippen LogP) is 2.33. The maximum Gasteiger partial charge on any atom is 0.253 e. The largest absolute Gasteiger partial charge is 0.368 e. The molecule has 0 aliphatic heterocycles. The first-order valence-corrected chi connectivity index (χ1v) is 7.65. The number of thioether (sulfide) groups is 1. The van der Waals surface area contributed by atoms with Crippen molar-refractivity contribution >= 4 is 46.8 Å². The van der Waals surface area contributed by atoms with E-state index in [2.05, 4.69) is 5.32 Å². The molecule has 0 spiro atoms. The Morgan fingerprint density at radius 2 is 2.11 bits per heavy atom. The number of carbonyl (C=O) groups is 2. The van der Waals surface area contributed by atoms with Crippen molar-refractivity contribution in [3.8, 4) is 0 Å². The Morgan fingerprint density at radius 1 is 1.42 bits per heavy atom. The fourth-order valence-corrected chi connectivity index (χ4v) is 2.40. The van der Waals surface area contributed by atoms with E-state index in [1.54, 1.807) is 17.8 Å². The van der Waals surface area contributed by atoms with Crippen LogP contribution in [0, 0.1) is 0 Å². The van der Waals surface area contributed by atoms with Gasteiger partial charge in [-0.3, -0.25) is 9.59 Å². The summed E-state index contributed by atoms with van der Waals surface area (Å²) in [5.74, 6) is -0.276. The van der Waals surface area contributed by atoms with E-state index < -0.39 is 17.9 Å². The molecule has 0 aliphatic rings. The summed E-state index contributed by atoms with van der Waals surface area (Å²) in [5.41, 5.74) is 5.51. The average Bonchev–Trinajstić information content (AvgIpc) is 2.33. The summed E-state index contributed by atoms with van der Waals surface area (Å²) in [6.45, 7) is 0. The highest BCUT2D eigenvalue weighted by Crippen LogP contribution is 2.21. The molecule has 1 aromatic carbocycles. The smallest absolute Gasteiger partial charge is 0.253 e. The standard InChI is InChI=1S/C12H14Cl2N2O2S/c1-19-5-4-10(11(15)17)16-12(18)8-3-2-7(13)6-9(8)14/h2-3,6,10H,4-5H2,1H3,(H2,15,17)(H,16,18)/t10-/m0/s1. The van der Waals surface area contributed by atoms with E-state index >= 15 is 0 Å². The SMILES string of the molecule is CSCC[C@H](NC(=O)c1ccc(Cl)cc1Cl)C(N)=O. The second-order valence-corrected chi connectivity index (χ2v) is 5.66. The molecule has 104 valence electrons. The van der Waals surface area contributed by atoms with E-state index in [1.807, 2.05) is 6.26 Å². The minimum atomic E-state index is -0.702. The molecule has 0 heterocycles. The van der Waals surface area contributed by atoms with Crippen LogP contribution < -0.4 is 11.1 Å². The molecule has 1 atom stereocenters. The molecule has 1 aromatic rings. The summed E-state index contributed by atoms with van der Waals surface area (Å²) in [6, 6.07) is 3.83. The second kappa shape index (κ2) is 7.62. The first-order valence-electron chi connectivity index (χ1n) is 5.50. The van der Waals surface area contributed by atoms with Crippen LogP contribution in [0.4, 0.5) is 0 Å². The zero-order valence-electron chi connectivity index (χ0n) is 10.3. The molecule has 0 aliphatic carbocycles. The Bertz CT molecular complexity index is 483. The maximum absolute atomic E-state index is 12.0.